The van der Waals surface area contributed by atoms with Gasteiger partial charge in [-0.05, 0) is 6.92 Å². The lowest BCUT2D eigenvalue weighted by Crippen LogP contribution is -2.18. The average Bonchev–Trinajstić information content (AvgIpc) is 2.18. The van der Waals surface area contributed by atoms with Gasteiger partial charge in [0.05, 0.1) is 13.7 Å². The maximum absolute atomic E-state index is 11.3. The molecule has 0 aromatic heterocycles. The fourth-order valence-electron chi connectivity index (χ4n) is 0.713. The van der Waals surface area contributed by atoms with E-state index in [4.69, 9.17) is 4.74 Å². The number of methoxy groups -OCH3 is 2. The number of hydrogen-bond donors (Lipinski definition) is 0. The van der Waals surface area contributed by atoms with Crippen molar-refractivity contribution in [1.29, 1.82) is 0 Å². The van der Waals surface area contributed by atoms with Gasteiger partial charge in [-0.25, -0.2) is 4.79 Å². The third kappa shape index (κ3) is 4.04. The second kappa shape index (κ2) is 7.08. The average molecular weight is 202 g/mol. The molecule has 0 aliphatic rings. The third-order valence-electron chi connectivity index (χ3n) is 1.35. The summed E-state index contributed by atoms with van der Waals surface area (Å²) in [7, 11) is 2.57. The number of carbonyl (C=O) groups excluding carboxylic acids is 2. The molecule has 0 aromatic carbocycles. The molecule has 0 unspecified atom stereocenters. The summed E-state index contributed by atoms with van der Waals surface area (Å²) >= 11 is 0. The van der Waals surface area contributed by atoms with E-state index in [0.29, 0.717) is 6.61 Å². The van der Waals surface area contributed by atoms with E-state index in [9.17, 15) is 9.59 Å². The molecule has 0 fully saturated rings. The smallest absolute Gasteiger partial charge is 0.344 e. The number of ether oxygens (including phenoxy) is 3. The van der Waals surface area contributed by atoms with Crippen molar-refractivity contribution in [2.45, 2.75) is 6.92 Å². The number of carbonyl (C=O) groups is 2. The van der Waals surface area contributed by atoms with Crippen LogP contribution < -0.4 is 0 Å². The maximum Gasteiger partial charge on any atom is 0.344 e. The Kier molecular flexibility index (Phi) is 6.39. The van der Waals surface area contributed by atoms with E-state index < -0.39 is 11.8 Å². The van der Waals surface area contributed by atoms with Crippen molar-refractivity contribution in [2.75, 3.05) is 27.4 Å². The Hall–Kier alpha value is -1.36. The number of rotatable bonds is 6. The van der Waals surface area contributed by atoms with Crippen LogP contribution in [0.5, 0.6) is 0 Å². The highest BCUT2D eigenvalue weighted by atomic mass is 16.5. The van der Waals surface area contributed by atoms with Gasteiger partial charge in [0.1, 0.15) is 18.4 Å². The van der Waals surface area contributed by atoms with E-state index >= 15 is 0 Å². The molecular formula is C9H14O5. The minimum absolute atomic E-state index is 0.142. The highest BCUT2D eigenvalue weighted by Gasteiger charge is 2.19. The highest BCUT2D eigenvalue weighted by molar-refractivity contribution is 6.17. The maximum atomic E-state index is 11.3. The van der Waals surface area contributed by atoms with Crippen molar-refractivity contribution in [3.05, 3.63) is 11.8 Å². The Bertz CT molecular complexity index is 231. The number of ketones is 1. The molecule has 0 atom stereocenters. The number of hydrogen-bond acceptors (Lipinski definition) is 5. The van der Waals surface area contributed by atoms with Crippen LogP contribution in [0.25, 0.3) is 0 Å². The molecule has 0 aliphatic carbocycles. The van der Waals surface area contributed by atoms with Crippen molar-refractivity contribution in [3.8, 4) is 0 Å². The van der Waals surface area contributed by atoms with E-state index in [1.165, 1.54) is 14.2 Å². The van der Waals surface area contributed by atoms with Crippen LogP contribution in [0, 0.1) is 0 Å². The molecule has 0 radical (unpaired) electrons. The fraction of sp³-hybridized carbons (Fsp3) is 0.556. The lowest BCUT2D eigenvalue weighted by atomic mass is 10.2. The molecule has 0 spiro atoms. The molecule has 0 amide bonds. The summed E-state index contributed by atoms with van der Waals surface area (Å²) in [5, 5.41) is 0. The minimum atomic E-state index is -0.722. The minimum Gasteiger partial charge on any atom is -0.500 e. The van der Waals surface area contributed by atoms with Crippen molar-refractivity contribution in [1.82, 2.24) is 0 Å². The third-order valence-corrected chi connectivity index (χ3v) is 1.35. The van der Waals surface area contributed by atoms with Crippen LogP contribution in [-0.4, -0.2) is 39.2 Å². The van der Waals surface area contributed by atoms with Gasteiger partial charge in [-0.15, -0.1) is 0 Å². The van der Waals surface area contributed by atoms with Crippen LogP contribution in [0.2, 0.25) is 0 Å². The molecule has 0 bridgehead atoms. The first-order valence-electron chi connectivity index (χ1n) is 4.09. The van der Waals surface area contributed by atoms with Gasteiger partial charge in [-0.3, -0.25) is 4.79 Å². The second-order valence-electron chi connectivity index (χ2n) is 2.33. The SMILES string of the molecule is CCO/C=C(\C(=O)COC)C(=O)OC. The van der Waals surface area contributed by atoms with E-state index in [0.717, 1.165) is 6.26 Å². The second-order valence-corrected chi connectivity index (χ2v) is 2.33. The van der Waals surface area contributed by atoms with Gasteiger partial charge in [-0.2, -0.15) is 0 Å². The van der Waals surface area contributed by atoms with Gasteiger partial charge in [0, 0.05) is 7.11 Å². The van der Waals surface area contributed by atoms with Gasteiger partial charge in [0.15, 0.2) is 5.78 Å². The first-order valence-corrected chi connectivity index (χ1v) is 4.09. The monoisotopic (exact) mass is 202 g/mol. The molecule has 0 aromatic rings. The van der Waals surface area contributed by atoms with Crippen LogP contribution in [0.3, 0.4) is 0 Å². The van der Waals surface area contributed by atoms with Crippen LogP contribution in [0.1, 0.15) is 6.92 Å². The largest absolute Gasteiger partial charge is 0.500 e. The van der Waals surface area contributed by atoms with Crippen molar-refractivity contribution < 1.29 is 23.8 Å². The van der Waals surface area contributed by atoms with Crippen LogP contribution in [0.15, 0.2) is 11.8 Å². The van der Waals surface area contributed by atoms with Crippen LogP contribution in [0.4, 0.5) is 0 Å². The molecule has 0 rings (SSSR count). The Morgan fingerprint density at radius 1 is 1.29 bits per heavy atom. The van der Waals surface area contributed by atoms with Gasteiger partial charge in [-0.1, -0.05) is 0 Å². The van der Waals surface area contributed by atoms with Gasteiger partial charge in [0.25, 0.3) is 0 Å². The lowest BCUT2D eigenvalue weighted by Gasteiger charge is -2.03. The van der Waals surface area contributed by atoms with E-state index in [2.05, 4.69) is 9.47 Å². The Morgan fingerprint density at radius 2 is 1.93 bits per heavy atom. The first kappa shape index (κ1) is 12.6. The van der Waals surface area contributed by atoms with E-state index in [-0.39, 0.29) is 12.2 Å². The normalized spacial score (nSPS) is 10.9. The molecule has 5 nitrogen and oxygen atoms in total. The molecular weight excluding hydrogens is 188 g/mol. The molecule has 5 heteroatoms. The summed E-state index contributed by atoms with van der Waals surface area (Å²) < 4.78 is 13.9. The molecule has 80 valence electrons. The Morgan fingerprint density at radius 3 is 2.36 bits per heavy atom. The summed E-state index contributed by atoms with van der Waals surface area (Å²) in [6, 6.07) is 0. The molecule has 0 N–H and O–H groups in total. The standard InChI is InChI=1S/C9H14O5/c1-4-14-5-7(9(11)13-3)8(10)6-12-2/h5H,4,6H2,1-3H3/b7-5+. The fourth-order valence-corrected chi connectivity index (χ4v) is 0.713. The van der Waals surface area contributed by atoms with Gasteiger partial charge >= 0.3 is 5.97 Å². The summed E-state index contributed by atoms with van der Waals surface area (Å²) in [6.07, 6.45) is 1.09. The lowest BCUT2D eigenvalue weighted by molar-refractivity contribution is -0.138. The molecule has 0 aliphatic heterocycles. The van der Waals surface area contributed by atoms with Gasteiger partial charge in [0.2, 0.25) is 0 Å². The van der Waals surface area contributed by atoms with Crippen LogP contribution >= 0.6 is 0 Å². The highest BCUT2D eigenvalue weighted by Crippen LogP contribution is 2.00. The summed E-state index contributed by atoms with van der Waals surface area (Å²) in [4.78, 5) is 22.4. The van der Waals surface area contributed by atoms with E-state index in [1.54, 1.807) is 6.92 Å². The molecule has 0 saturated heterocycles. The number of esters is 1. The first-order chi connectivity index (χ1) is 6.67. The van der Waals surface area contributed by atoms with Crippen LogP contribution in [-0.2, 0) is 23.8 Å². The summed E-state index contributed by atoms with van der Waals surface area (Å²) in [5.74, 6) is -1.19. The topological polar surface area (TPSA) is 61.8 Å². The van der Waals surface area contributed by atoms with Crippen molar-refractivity contribution >= 4 is 11.8 Å². The van der Waals surface area contributed by atoms with Crippen molar-refractivity contribution in [2.24, 2.45) is 0 Å². The molecule has 0 heterocycles. The zero-order chi connectivity index (χ0) is 11.0. The molecule has 14 heavy (non-hydrogen) atoms. The Labute approximate surface area is 82.6 Å². The van der Waals surface area contributed by atoms with E-state index in [1.807, 2.05) is 0 Å². The quantitative estimate of drug-likeness (QED) is 0.204. The predicted molar refractivity (Wildman–Crippen MR) is 48.6 cm³/mol. The Balaban J connectivity index is 4.54. The van der Waals surface area contributed by atoms with Crippen molar-refractivity contribution in [3.63, 3.8) is 0 Å². The zero-order valence-corrected chi connectivity index (χ0v) is 8.53. The van der Waals surface area contributed by atoms with Gasteiger partial charge < -0.3 is 14.2 Å². The summed E-state index contributed by atoms with van der Waals surface area (Å²) in [6.45, 7) is 1.95. The predicted octanol–water partition coefficient (Wildman–Crippen LogP) is 0.295. The number of Topliss-reactive ketones (excluding diaryl/α,β-unsaturated/α-hetero) is 1. The molecule has 0 saturated carbocycles. The summed E-state index contributed by atoms with van der Waals surface area (Å²) in [5.41, 5.74) is -0.142. The zero-order valence-electron chi connectivity index (χ0n) is 8.53.